The van der Waals surface area contributed by atoms with Crippen LogP contribution in [-0.2, 0) is 9.59 Å². The number of primary amides is 1. The maximum absolute atomic E-state index is 13.8. The van der Waals surface area contributed by atoms with Crippen molar-refractivity contribution in [2.45, 2.75) is 44.7 Å². The van der Waals surface area contributed by atoms with Crippen LogP contribution in [0.4, 0.5) is 4.39 Å². The van der Waals surface area contributed by atoms with Crippen molar-refractivity contribution < 1.29 is 18.8 Å². The van der Waals surface area contributed by atoms with Gasteiger partial charge < -0.3 is 15.5 Å². The molecular weight excluding hydrogens is 363 g/mol. The Bertz CT molecular complexity index is 920. The second-order valence-electron chi connectivity index (χ2n) is 7.96. The number of likely N-dealkylation sites (tertiary alicyclic amines) is 1. The van der Waals surface area contributed by atoms with Gasteiger partial charge in [-0.3, -0.25) is 14.4 Å². The van der Waals surface area contributed by atoms with Crippen LogP contribution >= 0.6 is 0 Å². The molecule has 146 valence electrons. The summed E-state index contributed by atoms with van der Waals surface area (Å²) >= 11 is 0. The summed E-state index contributed by atoms with van der Waals surface area (Å²) in [4.78, 5) is 41.0. The van der Waals surface area contributed by atoms with Gasteiger partial charge in [-0.25, -0.2) is 4.39 Å². The van der Waals surface area contributed by atoms with Crippen LogP contribution in [0, 0.1) is 29.5 Å². The van der Waals surface area contributed by atoms with E-state index < -0.39 is 17.1 Å². The van der Waals surface area contributed by atoms with Crippen molar-refractivity contribution in [2.75, 3.05) is 13.1 Å². The highest BCUT2D eigenvalue weighted by atomic mass is 19.1. The number of nitriles is 1. The minimum atomic E-state index is -1.06. The summed E-state index contributed by atoms with van der Waals surface area (Å²) in [6.07, 6.45) is 2.45. The molecule has 8 heteroatoms. The van der Waals surface area contributed by atoms with E-state index in [4.69, 9.17) is 5.73 Å². The van der Waals surface area contributed by atoms with Crippen LogP contribution in [-0.4, -0.2) is 52.7 Å². The van der Waals surface area contributed by atoms with Crippen LogP contribution in [0.1, 0.15) is 47.2 Å². The van der Waals surface area contributed by atoms with Gasteiger partial charge in [0.05, 0.1) is 23.2 Å². The second-order valence-corrected chi connectivity index (χ2v) is 7.96. The van der Waals surface area contributed by atoms with Gasteiger partial charge in [-0.15, -0.1) is 0 Å². The lowest BCUT2D eigenvalue weighted by atomic mass is 9.99. The Hall–Kier alpha value is -2.95. The second kappa shape index (κ2) is 6.30. The topological polar surface area (TPSA) is 108 Å². The molecule has 1 aromatic carbocycles. The van der Waals surface area contributed by atoms with Crippen LogP contribution < -0.4 is 5.73 Å². The zero-order chi connectivity index (χ0) is 20.2. The first kappa shape index (κ1) is 18.4. The van der Waals surface area contributed by atoms with E-state index in [2.05, 4.69) is 0 Å². The molecule has 2 bridgehead atoms. The van der Waals surface area contributed by atoms with E-state index in [0.29, 0.717) is 25.9 Å². The normalized spacial score (nSPS) is 24.6. The molecule has 0 aromatic heterocycles. The molecule has 2 saturated heterocycles. The number of rotatable bonds is 3. The third kappa shape index (κ3) is 2.57. The van der Waals surface area contributed by atoms with E-state index in [1.807, 2.05) is 6.07 Å². The first-order valence-electron chi connectivity index (χ1n) is 9.41. The monoisotopic (exact) mass is 384 g/mol. The van der Waals surface area contributed by atoms with Crippen LogP contribution in [0.2, 0.25) is 0 Å². The van der Waals surface area contributed by atoms with Crippen molar-refractivity contribution in [2.24, 2.45) is 11.1 Å². The summed E-state index contributed by atoms with van der Waals surface area (Å²) in [5.74, 6) is -1.65. The molecular formula is C20H21FN4O3. The Morgan fingerprint density at radius 1 is 1.21 bits per heavy atom. The van der Waals surface area contributed by atoms with Crippen LogP contribution in [0.3, 0.4) is 0 Å². The lowest BCUT2D eigenvalue weighted by Gasteiger charge is -2.42. The summed E-state index contributed by atoms with van der Waals surface area (Å²) in [7, 11) is 0. The number of nitrogens with zero attached hydrogens (tertiary/aromatic N) is 3. The zero-order valence-electron chi connectivity index (χ0n) is 15.6. The Labute approximate surface area is 161 Å². The van der Waals surface area contributed by atoms with Gasteiger partial charge in [0.15, 0.2) is 0 Å². The van der Waals surface area contributed by atoms with E-state index in [1.54, 1.807) is 9.80 Å². The average Bonchev–Trinajstić information content (AvgIpc) is 3.44. The number of benzene rings is 1. The predicted octanol–water partition coefficient (Wildman–Crippen LogP) is 1.09. The van der Waals surface area contributed by atoms with Gasteiger partial charge in [-0.05, 0) is 44.7 Å². The molecule has 2 atom stereocenters. The quantitative estimate of drug-likeness (QED) is 0.787. The number of carbonyl (C=O) groups excluding carboxylic acids is 3. The molecule has 3 aliphatic rings. The summed E-state index contributed by atoms with van der Waals surface area (Å²) in [5, 5.41) is 9.40. The van der Waals surface area contributed by atoms with Gasteiger partial charge in [0.1, 0.15) is 17.3 Å². The molecule has 28 heavy (non-hydrogen) atoms. The fourth-order valence-electron chi connectivity index (χ4n) is 4.54. The van der Waals surface area contributed by atoms with E-state index in [0.717, 1.165) is 12.8 Å². The number of piperazine rings is 1. The molecule has 1 saturated carbocycles. The molecule has 3 fully saturated rings. The van der Waals surface area contributed by atoms with Gasteiger partial charge in [0.2, 0.25) is 11.8 Å². The van der Waals surface area contributed by atoms with Crippen molar-refractivity contribution >= 4 is 17.7 Å². The van der Waals surface area contributed by atoms with Crippen molar-refractivity contribution in [1.82, 2.24) is 9.80 Å². The molecule has 0 unspecified atom stereocenters. The molecule has 7 nitrogen and oxygen atoms in total. The zero-order valence-corrected chi connectivity index (χ0v) is 15.6. The summed E-state index contributed by atoms with van der Waals surface area (Å²) < 4.78 is 13.8. The van der Waals surface area contributed by atoms with Crippen LogP contribution in [0.25, 0.3) is 0 Å². The highest BCUT2D eigenvalue weighted by molar-refractivity contribution is 6.07. The van der Waals surface area contributed by atoms with Gasteiger partial charge in [0, 0.05) is 18.7 Å². The fraction of sp³-hybridized carbons (Fsp3) is 0.500. The third-order valence-corrected chi connectivity index (χ3v) is 6.38. The van der Waals surface area contributed by atoms with E-state index >= 15 is 0 Å². The standard InChI is InChI=1S/C20H21FN4O3/c1-11-15(8-22)14(4-5-16(11)21)17(26)25-12-2-3-13(25)10-24(9-12)19(28)20(6-7-20)18(23)27/h4-5,12-13H,2-3,6-7,9-10H2,1H3,(H2,23,27)/t12-,13+. The largest absolute Gasteiger partial charge is 0.369 e. The van der Waals surface area contributed by atoms with Crippen molar-refractivity contribution in [3.05, 3.63) is 34.6 Å². The number of halogens is 1. The first-order chi connectivity index (χ1) is 13.3. The average molecular weight is 384 g/mol. The molecule has 2 heterocycles. The number of nitrogens with two attached hydrogens (primary N) is 1. The van der Waals surface area contributed by atoms with Crippen molar-refractivity contribution in [1.29, 1.82) is 5.26 Å². The van der Waals surface area contributed by atoms with E-state index in [9.17, 15) is 24.0 Å². The third-order valence-electron chi connectivity index (χ3n) is 6.38. The predicted molar refractivity (Wildman–Crippen MR) is 96.3 cm³/mol. The molecule has 2 aliphatic heterocycles. The molecule has 1 aromatic rings. The fourth-order valence-corrected chi connectivity index (χ4v) is 4.54. The van der Waals surface area contributed by atoms with Gasteiger partial charge in [-0.2, -0.15) is 5.26 Å². The lowest BCUT2D eigenvalue weighted by Crippen LogP contribution is -2.59. The molecule has 2 N–H and O–H groups in total. The lowest BCUT2D eigenvalue weighted by molar-refractivity contribution is -0.145. The summed E-state index contributed by atoms with van der Waals surface area (Å²) in [6.45, 7) is 2.17. The Morgan fingerprint density at radius 2 is 1.82 bits per heavy atom. The van der Waals surface area contributed by atoms with Crippen LogP contribution in [0.5, 0.6) is 0 Å². The maximum Gasteiger partial charge on any atom is 0.255 e. The highest BCUT2D eigenvalue weighted by Gasteiger charge is 2.58. The smallest absolute Gasteiger partial charge is 0.255 e. The minimum absolute atomic E-state index is 0.0496. The number of hydrogen-bond donors (Lipinski definition) is 1. The van der Waals surface area contributed by atoms with Crippen molar-refractivity contribution in [3.8, 4) is 6.07 Å². The summed E-state index contributed by atoms with van der Waals surface area (Å²) in [5.41, 5.74) is 4.76. The van der Waals surface area contributed by atoms with Crippen LogP contribution in [0.15, 0.2) is 12.1 Å². The van der Waals surface area contributed by atoms with Gasteiger partial charge in [0.25, 0.3) is 5.91 Å². The molecule has 1 aliphatic carbocycles. The summed E-state index contributed by atoms with van der Waals surface area (Å²) in [6, 6.07) is 4.13. The first-order valence-corrected chi connectivity index (χ1v) is 9.41. The highest BCUT2D eigenvalue weighted by Crippen LogP contribution is 2.48. The van der Waals surface area contributed by atoms with E-state index in [1.165, 1.54) is 19.1 Å². The number of carbonyl (C=O) groups is 3. The van der Waals surface area contributed by atoms with Crippen molar-refractivity contribution in [3.63, 3.8) is 0 Å². The molecule has 4 rings (SSSR count). The minimum Gasteiger partial charge on any atom is -0.369 e. The Balaban J connectivity index is 1.58. The van der Waals surface area contributed by atoms with Gasteiger partial charge in [-0.1, -0.05) is 0 Å². The van der Waals surface area contributed by atoms with Gasteiger partial charge >= 0.3 is 0 Å². The molecule has 0 radical (unpaired) electrons. The van der Waals surface area contributed by atoms with E-state index in [-0.39, 0.29) is 40.6 Å². The Morgan fingerprint density at radius 3 is 2.32 bits per heavy atom. The Kier molecular flexibility index (Phi) is 4.14. The molecule has 0 spiro atoms. The number of amides is 3. The number of fused-ring (bicyclic) bond motifs is 2. The number of hydrogen-bond acceptors (Lipinski definition) is 4. The molecule has 3 amide bonds. The SMILES string of the molecule is Cc1c(F)ccc(C(=O)N2[C@@H]3CC[C@H]2CN(C(=O)C2(C(N)=O)CC2)C3)c1C#N. The maximum atomic E-state index is 13.8.